The summed E-state index contributed by atoms with van der Waals surface area (Å²) in [4.78, 5) is 19.6. The van der Waals surface area contributed by atoms with E-state index >= 15 is 0 Å². The van der Waals surface area contributed by atoms with Crippen molar-refractivity contribution in [2.75, 3.05) is 19.8 Å². The van der Waals surface area contributed by atoms with Gasteiger partial charge in [0, 0.05) is 48.4 Å². The maximum Gasteiger partial charge on any atom is 0.254 e. The van der Waals surface area contributed by atoms with Crippen LogP contribution in [0.5, 0.6) is 0 Å². The fraction of sp³-hybridized carbons (Fsp3) is 0.500. The molecule has 1 amide bonds. The number of fused-ring (bicyclic) bond motifs is 1. The Morgan fingerprint density at radius 3 is 2.83 bits per heavy atom. The fourth-order valence-electron chi connectivity index (χ4n) is 4.72. The zero-order valence-electron chi connectivity index (χ0n) is 13.8. The van der Waals surface area contributed by atoms with Crippen molar-refractivity contribution in [3.05, 3.63) is 42.1 Å². The van der Waals surface area contributed by atoms with Crippen LogP contribution in [0.2, 0.25) is 0 Å². The third kappa shape index (κ3) is 2.16. The molecule has 1 aliphatic carbocycles. The first kappa shape index (κ1) is 14.4. The van der Waals surface area contributed by atoms with Crippen LogP contribution in [0.4, 0.5) is 0 Å². The smallest absolute Gasteiger partial charge is 0.254 e. The van der Waals surface area contributed by atoms with Crippen LogP contribution in [-0.2, 0) is 4.74 Å². The number of carbonyl (C=O) groups excluding carboxylic acids is 1. The summed E-state index contributed by atoms with van der Waals surface area (Å²) in [6, 6.07) is 10.2. The topological polar surface area (TPSA) is 42.4 Å². The van der Waals surface area contributed by atoms with E-state index < -0.39 is 0 Å². The third-order valence-corrected chi connectivity index (χ3v) is 6.12. The monoisotopic (exact) mass is 322 g/mol. The quantitative estimate of drug-likeness (QED) is 0.852. The van der Waals surface area contributed by atoms with Gasteiger partial charge in [0.15, 0.2) is 0 Å². The van der Waals surface area contributed by atoms with Crippen molar-refractivity contribution in [2.45, 2.75) is 31.7 Å². The molecule has 5 rings (SSSR count). The summed E-state index contributed by atoms with van der Waals surface area (Å²) in [5.41, 5.74) is 2.06. The van der Waals surface area contributed by atoms with Gasteiger partial charge in [-0.25, -0.2) is 0 Å². The molecule has 1 aromatic heterocycles. The van der Waals surface area contributed by atoms with Gasteiger partial charge in [-0.1, -0.05) is 6.07 Å². The summed E-state index contributed by atoms with van der Waals surface area (Å²) >= 11 is 0. The number of hydrogen-bond acceptors (Lipinski definition) is 3. The average molecular weight is 322 g/mol. The van der Waals surface area contributed by atoms with Crippen molar-refractivity contribution in [3.63, 3.8) is 0 Å². The van der Waals surface area contributed by atoms with Gasteiger partial charge in [-0.15, -0.1) is 0 Å². The second kappa shape index (κ2) is 5.28. The van der Waals surface area contributed by atoms with Crippen LogP contribution in [0.3, 0.4) is 0 Å². The van der Waals surface area contributed by atoms with Gasteiger partial charge in [0.1, 0.15) is 0 Å². The highest BCUT2D eigenvalue weighted by atomic mass is 16.5. The molecule has 2 aliphatic heterocycles. The molecule has 2 aromatic rings. The molecule has 4 nitrogen and oxygen atoms in total. The van der Waals surface area contributed by atoms with E-state index in [1.807, 2.05) is 30.3 Å². The van der Waals surface area contributed by atoms with Crippen LogP contribution in [0, 0.1) is 11.3 Å². The minimum absolute atomic E-state index is 0.190. The minimum Gasteiger partial charge on any atom is -0.381 e. The fourth-order valence-corrected chi connectivity index (χ4v) is 4.72. The van der Waals surface area contributed by atoms with Gasteiger partial charge in [-0.3, -0.25) is 9.78 Å². The molecule has 1 saturated carbocycles. The Morgan fingerprint density at radius 2 is 2.04 bits per heavy atom. The molecular formula is C20H22N2O2. The Bertz CT molecular complexity index is 793. The zero-order valence-corrected chi connectivity index (χ0v) is 13.8. The molecular weight excluding hydrogens is 300 g/mol. The number of benzene rings is 1. The number of pyridine rings is 1. The molecule has 0 bridgehead atoms. The zero-order chi connectivity index (χ0) is 16.1. The molecule has 124 valence electrons. The summed E-state index contributed by atoms with van der Waals surface area (Å²) < 4.78 is 5.57. The maximum atomic E-state index is 13.1. The SMILES string of the molecule is O=C(c1ccc2ncccc2c1)N1CC2(CCOCC2)C1C1CC1. The van der Waals surface area contributed by atoms with Crippen molar-refractivity contribution in [1.82, 2.24) is 9.88 Å². The molecule has 1 unspecified atom stereocenters. The van der Waals surface area contributed by atoms with Gasteiger partial charge >= 0.3 is 0 Å². The van der Waals surface area contributed by atoms with Crippen molar-refractivity contribution in [3.8, 4) is 0 Å². The van der Waals surface area contributed by atoms with E-state index in [4.69, 9.17) is 4.74 Å². The standard InChI is InChI=1S/C20H22N2O2/c23-19(16-5-6-17-15(12-16)2-1-9-21-17)22-13-20(7-10-24-11-8-20)18(22)14-3-4-14/h1-2,5-6,9,12,14,18H,3-4,7-8,10-11,13H2. The predicted octanol–water partition coefficient (Wildman–Crippen LogP) is 3.27. The number of hydrogen-bond donors (Lipinski definition) is 0. The van der Waals surface area contributed by atoms with E-state index in [0.29, 0.717) is 17.4 Å². The van der Waals surface area contributed by atoms with Gasteiger partial charge < -0.3 is 9.64 Å². The predicted molar refractivity (Wildman–Crippen MR) is 91.8 cm³/mol. The second-order valence-corrected chi connectivity index (χ2v) is 7.60. The molecule has 0 N–H and O–H groups in total. The first-order valence-electron chi connectivity index (χ1n) is 9.00. The van der Waals surface area contributed by atoms with E-state index in [2.05, 4.69) is 9.88 Å². The number of ether oxygens (including phenoxy) is 1. The summed E-state index contributed by atoms with van der Waals surface area (Å²) in [7, 11) is 0. The van der Waals surface area contributed by atoms with E-state index in [-0.39, 0.29) is 5.91 Å². The highest BCUT2D eigenvalue weighted by Gasteiger charge is 2.59. The van der Waals surface area contributed by atoms with Crippen molar-refractivity contribution in [1.29, 1.82) is 0 Å². The lowest BCUT2D eigenvalue weighted by atomic mass is 9.64. The van der Waals surface area contributed by atoms with Crippen LogP contribution in [0.1, 0.15) is 36.0 Å². The molecule has 24 heavy (non-hydrogen) atoms. The largest absolute Gasteiger partial charge is 0.381 e. The minimum atomic E-state index is 0.190. The summed E-state index contributed by atoms with van der Waals surface area (Å²) in [6.45, 7) is 2.61. The lowest BCUT2D eigenvalue weighted by Crippen LogP contribution is -2.68. The van der Waals surface area contributed by atoms with Crippen molar-refractivity contribution < 1.29 is 9.53 Å². The Balaban J connectivity index is 1.43. The first-order chi connectivity index (χ1) is 11.8. The molecule has 4 heteroatoms. The molecule has 1 atom stereocenters. The van der Waals surface area contributed by atoms with Crippen LogP contribution in [0.25, 0.3) is 10.9 Å². The van der Waals surface area contributed by atoms with E-state index in [1.165, 1.54) is 12.8 Å². The van der Waals surface area contributed by atoms with Gasteiger partial charge in [-0.2, -0.15) is 0 Å². The second-order valence-electron chi connectivity index (χ2n) is 7.60. The highest BCUT2D eigenvalue weighted by molar-refractivity contribution is 5.98. The van der Waals surface area contributed by atoms with Gasteiger partial charge in [0.05, 0.1) is 5.52 Å². The molecule has 1 spiro atoms. The Labute approximate surface area is 141 Å². The lowest BCUT2D eigenvalue weighted by Gasteiger charge is -2.59. The third-order valence-electron chi connectivity index (χ3n) is 6.12. The number of carbonyl (C=O) groups is 1. The number of likely N-dealkylation sites (tertiary alicyclic amines) is 1. The van der Waals surface area contributed by atoms with Crippen LogP contribution in [-0.4, -0.2) is 41.6 Å². The van der Waals surface area contributed by atoms with Gasteiger partial charge in [0.2, 0.25) is 0 Å². The summed E-state index contributed by atoms with van der Waals surface area (Å²) in [6.07, 6.45) is 6.56. The van der Waals surface area contributed by atoms with Crippen LogP contribution < -0.4 is 0 Å². The Hall–Kier alpha value is -1.94. The Morgan fingerprint density at radius 1 is 1.21 bits per heavy atom. The summed E-state index contributed by atoms with van der Waals surface area (Å²) in [5.74, 6) is 0.901. The Kier molecular flexibility index (Phi) is 3.17. The van der Waals surface area contributed by atoms with Gasteiger partial charge in [-0.05, 0) is 55.9 Å². The highest BCUT2D eigenvalue weighted by Crippen LogP contribution is 2.55. The van der Waals surface area contributed by atoms with Crippen molar-refractivity contribution >= 4 is 16.8 Å². The first-order valence-corrected chi connectivity index (χ1v) is 9.00. The van der Waals surface area contributed by atoms with E-state index in [9.17, 15) is 4.79 Å². The molecule has 3 fully saturated rings. The number of rotatable bonds is 2. The molecule has 3 heterocycles. The number of amides is 1. The molecule has 0 radical (unpaired) electrons. The van der Waals surface area contributed by atoms with Crippen molar-refractivity contribution in [2.24, 2.45) is 11.3 Å². The normalized spacial score (nSPS) is 25.7. The maximum absolute atomic E-state index is 13.1. The molecule has 1 aromatic carbocycles. The number of aromatic nitrogens is 1. The summed E-state index contributed by atoms with van der Waals surface area (Å²) in [5, 5.41) is 1.03. The molecule has 3 aliphatic rings. The van der Waals surface area contributed by atoms with E-state index in [1.54, 1.807) is 6.20 Å². The average Bonchev–Trinajstić information content (AvgIpc) is 3.44. The molecule has 2 saturated heterocycles. The number of nitrogens with zero attached hydrogens (tertiary/aromatic N) is 2. The van der Waals surface area contributed by atoms with Crippen LogP contribution >= 0.6 is 0 Å². The van der Waals surface area contributed by atoms with Crippen LogP contribution in [0.15, 0.2) is 36.5 Å². The van der Waals surface area contributed by atoms with E-state index in [0.717, 1.165) is 49.1 Å². The lowest BCUT2D eigenvalue weighted by molar-refractivity contribution is -0.120. The van der Waals surface area contributed by atoms with Gasteiger partial charge in [0.25, 0.3) is 5.91 Å².